The number of aromatic nitrogens is 2. The molecular weight excluding hydrogens is 238 g/mol. The van der Waals surface area contributed by atoms with Gasteiger partial charge in [-0.25, -0.2) is 22.7 Å². The minimum atomic E-state index is -3.32. The number of hydrogen-bond acceptors (Lipinski definition) is 4. The summed E-state index contributed by atoms with van der Waals surface area (Å²) in [5.74, 6) is 0.475. The molecule has 0 aliphatic carbocycles. The van der Waals surface area contributed by atoms with Crippen molar-refractivity contribution in [3.8, 4) is 0 Å². The quantitative estimate of drug-likeness (QED) is 0.825. The second-order valence-corrected chi connectivity index (χ2v) is 6.52. The topological polar surface area (TPSA) is 63.2 Å². The van der Waals surface area contributed by atoms with Gasteiger partial charge in [0.25, 0.3) is 0 Å². The van der Waals surface area contributed by atoms with Gasteiger partial charge in [-0.3, -0.25) is 0 Å². The van der Waals surface area contributed by atoms with E-state index in [1.165, 1.54) is 7.05 Å². The Kier molecular flexibility index (Phi) is 3.76. The molecule has 96 valence electrons. The Morgan fingerprint density at radius 1 is 1.18 bits per heavy atom. The molecule has 6 heteroatoms. The predicted molar refractivity (Wildman–Crippen MR) is 68.8 cm³/mol. The van der Waals surface area contributed by atoms with E-state index >= 15 is 0 Å². The Hall–Kier alpha value is -1.17. The van der Waals surface area contributed by atoms with Gasteiger partial charge in [0.1, 0.15) is 0 Å². The van der Waals surface area contributed by atoms with Crippen LogP contribution < -0.4 is 4.31 Å². The number of aryl methyl sites for hydroxylation is 1. The SMILES string of the molecule is Cc1nc(N(C)S(C)(=O)=O)nc(C(C)C)c1C. The average Bonchev–Trinajstić information content (AvgIpc) is 2.19. The van der Waals surface area contributed by atoms with E-state index in [1.54, 1.807) is 0 Å². The van der Waals surface area contributed by atoms with Crippen molar-refractivity contribution in [2.75, 3.05) is 17.6 Å². The summed E-state index contributed by atoms with van der Waals surface area (Å²) in [6, 6.07) is 0. The van der Waals surface area contributed by atoms with Crippen LogP contribution in [0.3, 0.4) is 0 Å². The van der Waals surface area contributed by atoms with E-state index in [1.807, 2.05) is 27.7 Å². The zero-order valence-electron chi connectivity index (χ0n) is 11.1. The zero-order chi connectivity index (χ0) is 13.4. The van der Waals surface area contributed by atoms with Gasteiger partial charge in [0, 0.05) is 12.7 Å². The lowest BCUT2D eigenvalue weighted by molar-refractivity contribution is 0.599. The van der Waals surface area contributed by atoms with Crippen LogP contribution >= 0.6 is 0 Å². The molecule has 0 amide bonds. The minimum Gasteiger partial charge on any atom is -0.241 e. The van der Waals surface area contributed by atoms with Gasteiger partial charge in [-0.1, -0.05) is 13.8 Å². The Morgan fingerprint density at radius 3 is 2.12 bits per heavy atom. The van der Waals surface area contributed by atoms with Crippen LogP contribution in [0, 0.1) is 13.8 Å². The Balaban J connectivity index is 3.39. The molecule has 0 saturated carbocycles. The molecule has 0 unspecified atom stereocenters. The van der Waals surface area contributed by atoms with Crippen LogP contribution in [-0.2, 0) is 10.0 Å². The highest BCUT2D eigenvalue weighted by Gasteiger charge is 2.18. The third-order valence-electron chi connectivity index (χ3n) is 2.74. The Bertz CT molecular complexity index is 524. The molecule has 0 aliphatic heterocycles. The van der Waals surface area contributed by atoms with Gasteiger partial charge in [-0.05, 0) is 25.3 Å². The first-order valence-electron chi connectivity index (χ1n) is 5.43. The Labute approximate surface area is 103 Å². The van der Waals surface area contributed by atoms with E-state index in [0.29, 0.717) is 0 Å². The minimum absolute atomic E-state index is 0.235. The van der Waals surface area contributed by atoms with Crippen molar-refractivity contribution in [1.29, 1.82) is 0 Å². The molecule has 1 rings (SSSR count). The predicted octanol–water partition coefficient (Wildman–Crippen LogP) is 1.61. The highest BCUT2D eigenvalue weighted by Crippen LogP contribution is 2.22. The fourth-order valence-electron chi connectivity index (χ4n) is 1.49. The lowest BCUT2D eigenvalue weighted by atomic mass is 10.0. The lowest BCUT2D eigenvalue weighted by Gasteiger charge is -2.18. The van der Waals surface area contributed by atoms with Crippen molar-refractivity contribution in [3.05, 3.63) is 17.0 Å². The second kappa shape index (κ2) is 4.60. The average molecular weight is 257 g/mol. The van der Waals surface area contributed by atoms with Crippen LogP contribution in [0.25, 0.3) is 0 Å². The van der Waals surface area contributed by atoms with Crippen LogP contribution in [0.1, 0.15) is 36.7 Å². The maximum Gasteiger partial charge on any atom is 0.239 e. The summed E-state index contributed by atoms with van der Waals surface area (Å²) in [5.41, 5.74) is 2.72. The van der Waals surface area contributed by atoms with Crippen molar-refractivity contribution in [2.24, 2.45) is 0 Å². The summed E-state index contributed by atoms with van der Waals surface area (Å²) in [4.78, 5) is 8.55. The smallest absolute Gasteiger partial charge is 0.239 e. The summed E-state index contributed by atoms with van der Waals surface area (Å²) in [5, 5.41) is 0. The normalized spacial score (nSPS) is 11.9. The molecule has 0 N–H and O–H groups in total. The number of hydrogen-bond donors (Lipinski definition) is 0. The van der Waals surface area contributed by atoms with Gasteiger partial charge < -0.3 is 0 Å². The first-order chi connectivity index (χ1) is 7.64. The summed E-state index contributed by atoms with van der Waals surface area (Å²) in [6.07, 6.45) is 1.14. The van der Waals surface area contributed by atoms with Crippen molar-refractivity contribution < 1.29 is 8.42 Å². The fourth-order valence-corrected chi connectivity index (χ4v) is 1.87. The molecule has 0 fully saturated rings. The lowest BCUT2D eigenvalue weighted by Crippen LogP contribution is -2.27. The Morgan fingerprint density at radius 2 is 1.71 bits per heavy atom. The van der Waals surface area contributed by atoms with Crippen LogP contribution in [0.5, 0.6) is 0 Å². The molecule has 17 heavy (non-hydrogen) atoms. The summed E-state index contributed by atoms with van der Waals surface area (Å²) < 4.78 is 24.0. The van der Waals surface area contributed by atoms with Crippen molar-refractivity contribution in [2.45, 2.75) is 33.6 Å². The summed E-state index contributed by atoms with van der Waals surface area (Å²) >= 11 is 0. The van der Waals surface area contributed by atoms with Gasteiger partial charge in [0.15, 0.2) is 0 Å². The van der Waals surface area contributed by atoms with E-state index in [4.69, 9.17) is 0 Å². The molecule has 0 bridgehead atoms. The zero-order valence-corrected chi connectivity index (χ0v) is 12.0. The molecule has 0 radical (unpaired) electrons. The molecular formula is C11H19N3O2S. The van der Waals surface area contributed by atoms with E-state index in [0.717, 1.165) is 27.5 Å². The van der Waals surface area contributed by atoms with E-state index in [9.17, 15) is 8.42 Å². The number of sulfonamides is 1. The third kappa shape index (κ3) is 2.94. The monoisotopic (exact) mass is 257 g/mol. The molecule has 0 atom stereocenters. The molecule has 1 heterocycles. The van der Waals surface area contributed by atoms with Crippen LogP contribution in [0.15, 0.2) is 0 Å². The van der Waals surface area contributed by atoms with Gasteiger partial charge in [-0.15, -0.1) is 0 Å². The molecule has 0 saturated heterocycles. The molecule has 1 aromatic rings. The summed E-state index contributed by atoms with van der Waals surface area (Å²) in [6.45, 7) is 7.87. The van der Waals surface area contributed by atoms with E-state index in [2.05, 4.69) is 9.97 Å². The van der Waals surface area contributed by atoms with Crippen LogP contribution in [-0.4, -0.2) is 31.7 Å². The molecule has 0 spiro atoms. The van der Waals surface area contributed by atoms with Gasteiger partial charge in [-0.2, -0.15) is 0 Å². The van der Waals surface area contributed by atoms with Gasteiger partial charge in [0.2, 0.25) is 16.0 Å². The molecule has 1 aromatic heterocycles. The van der Waals surface area contributed by atoms with Crippen molar-refractivity contribution in [3.63, 3.8) is 0 Å². The standard InChI is InChI=1S/C11H19N3O2S/c1-7(2)10-8(3)9(4)12-11(13-10)14(5)17(6,15)16/h7H,1-6H3. The first-order valence-corrected chi connectivity index (χ1v) is 7.28. The fraction of sp³-hybridized carbons (Fsp3) is 0.636. The van der Waals surface area contributed by atoms with E-state index in [-0.39, 0.29) is 11.9 Å². The highest BCUT2D eigenvalue weighted by molar-refractivity contribution is 7.92. The second-order valence-electron chi connectivity index (χ2n) is 4.50. The first kappa shape index (κ1) is 13.9. The van der Waals surface area contributed by atoms with Crippen molar-refractivity contribution in [1.82, 2.24) is 9.97 Å². The van der Waals surface area contributed by atoms with Gasteiger partial charge >= 0.3 is 0 Å². The largest absolute Gasteiger partial charge is 0.241 e. The van der Waals surface area contributed by atoms with Crippen LogP contribution in [0.2, 0.25) is 0 Å². The maximum absolute atomic E-state index is 11.5. The van der Waals surface area contributed by atoms with Crippen molar-refractivity contribution >= 4 is 16.0 Å². The van der Waals surface area contributed by atoms with Crippen LogP contribution in [0.4, 0.5) is 5.95 Å². The third-order valence-corrected chi connectivity index (χ3v) is 3.90. The maximum atomic E-state index is 11.5. The number of nitrogens with zero attached hydrogens (tertiary/aromatic N) is 3. The van der Waals surface area contributed by atoms with E-state index < -0.39 is 10.0 Å². The highest BCUT2D eigenvalue weighted by atomic mass is 32.2. The number of anilines is 1. The summed E-state index contributed by atoms with van der Waals surface area (Å²) in [7, 11) is -1.86. The molecule has 5 nitrogen and oxygen atoms in total. The molecule has 0 aromatic carbocycles. The van der Waals surface area contributed by atoms with Gasteiger partial charge in [0.05, 0.1) is 11.9 Å². The molecule has 0 aliphatic rings. The number of rotatable bonds is 3.